The summed E-state index contributed by atoms with van der Waals surface area (Å²) in [4.78, 5) is 1.92. The Balaban J connectivity index is 2.54. The lowest BCUT2D eigenvalue weighted by Gasteiger charge is -1.99. The minimum absolute atomic E-state index is 0.507. The van der Waals surface area contributed by atoms with E-state index in [4.69, 9.17) is 0 Å². The lowest BCUT2D eigenvalue weighted by atomic mass is 10.2. The summed E-state index contributed by atoms with van der Waals surface area (Å²) in [5.74, 6) is 0. The molecule has 6 heteroatoms. The molecule has 0 bridgehead atoms. The van der Waals surface area contributed by atoms with Crippen molar-refractivity contribution in [2.45, 2.75) is 20.0 Å². The van der Waals surface area contributed by atoms with Crippen LogP contribution in [-0.2, 0) is 13.2 Å². The van der Waals surface area contributed by atoms with E-state index in [-0.39, 0.29) is 0 Å². The number of nitrogens with zero attached hydrogens (tertiary/aromatic N) is 2. The third kappa shape index (κ3) is 2.22. The van der Waals surface area contributed by atoms with Crippen molar-refractivity contribution in [2.24, 2.45) is 7.05 Å². The van der Waals surface area contributed by atoms with E-state index in [2.05, 4.69) is 5.10 Å². The summed E-state index contributed by atoms with van der Waals surface area (Å²) >= 11 is 1.48. The molecule has 92 valence electrons. The number of hydrogen-bond donors (Lipinski definition) is 0. The number of halogens is 3. The highest BCUT2D eigenvalue weighted by Gasteiger charge is 2.34. The van der Waals surface area contributed by atoms with Crippen molar-refractivity contribution in [1.29, 1.82) is 0 Å². The van der Waals surface area contributed by atoms with E-state index >= 15 is 0 Å². The van der Waals surface area contributed by atoms with Crippen molar-refractivity contribution in [2.75, 3.05) is 0 Å². The van der Waals surface area contributed by atoms with Gasteiger partial charge in [0.2, 0.25) is 0 Å². The number of rotatable bonds is 1. The molecule has 0 aliphatic rings. The molecule has 2 heterocycles. The Morgan fingerprint density at radius 1 is 1.24 bits per heavy atom. The highest BCUT2D eigenvalue weighted by molar-refractivity contribution is 7.15. The molecule has 0 aliphatic carbocycles. The molecule has 0 radical (unpaired) electrons. The molecule has 0 fully saturated rings. The van der Waals surface area contributed by atoms with Crippen LogP contribution in [0.3, 0.4) is 0 Å². The SMILES string of the molecule is Cc1cc(C)c(-c2cc(C(F)(F)F)nn2C)s1. The predicted octanol–water partition coefficient (Wildman–Crippen LogP) is 3.78. The van der Waals surface area contributed by atoms with Gasteiger partial charge in [-0.1, -0.05) is 0 Å². The van der Waals surface area contributed by atoms with Crippen LogP contribution in [-0.4, -0.2) is 9.78 Å². The average Bonchev–Trinajstić information content (AvgIpc) is 2.68. The van der Waals surface area contributed by atoms with Gasteiger partial charge < -0.3 is 0 Å². The van der Waals surface area contributed by atoms with Gasteiger partial charge in [-0.15, -0.1) is 11.3 Å². The number of hydrogen-bond acceptors (Lipinski definition) is 2. The van der Waals surface area contributed by atoms with Crippen molar-refractivity contribution in [3.8, 4) is 10.6 Å². The molecule has 0 aliphatic heterocycles. The fourth-order valence-corrected chi connectivity index (χ4v) is 2.79. The Hall–Kier alpha value is -1.30. The smallest absolute Gasteiger partial charge is 0.267 e. The average molecular weight is 260 g/mol. The molecule has 0 unspecified atom stereocenters. The van der Waals surface area contributed by atoms with Crippen molar-refractivity contribution in [1.82, 2.24) is 9.78 Å². The normalized spacial score (nSPS) is 12.1. The maximum Gasteiger partial charge on any atom is 0.435 e. The first-order valence-electron chi connectivity index (χ1n) is 4.97. The van der Waals surface area contributed by atoms with Crippen LogP contribution in [0.15, 0.2) is 12.1 Å². The molecule has 0 aromatic carbocycles. The quantitative estimate of drug-likeness (QED) is 0.763. The Morgan fingerprint density at radius 3 is 2.29 bits per heavy atom. The Kier molecular flexibility index (Phi) is 2.77. The third-order valence-corrected chi connectivity index (χ3v) is 3.62. The number of thiophene rings is 1. The number of aromatic nitrogens is 2. The second kappa shape index (κ2) is 3.87. The lowest BCUT2D eigenvalue weighted by Crippen LogP contribution is -2.06. The summed E-state index contributed by atoms with van der Waals surface area (Å²) in [5, 5.41) is 3.51. The van der Waals surface area contributed by atoms with Gasteiger partial charge in [0.05, 0.1) is 10.6 Å². The lowest BCUT2D eigenvalue weighted by molar-refractivity contribution is -0.141. The minimum Gasteiger partial charge on any atom is -0.267 e. The van der Waals surface area contributed by atoms with Crippen LogP contribution in [0.2, 0.25) is 0 Å². The second-order valence-electron chi connectivity index (χ2n) is 3.91. The zero-order valence-corrected chi connectivity index (χ0v) is 10.4. The van der Waals surface area contributed by atoms with Crippen molar-refractivity contribution in [3.05, 3.63) is 28.3 Å². The fourth-order valence-electron chi connectivity index (χ4n) is 1.71. The van der Waals surface area contributed by atoms with Gasteiger partial charge in [-0.3, -0.25) is 4.68 Å². The summed E-state index contributed by atoms with van der Waals surface area (Å²) in [6.07, 6.45) is -4.39. The minimum atomic E-state index is -4.39. The zero-order valence-electron chi connectivity index (χ0n) is 9.59. The molecule has 0 amide bonds. The molecule has 2 rings (SSSR count). The maximum atomic E-state index is 12.5. The molecule has 0 saturated heterocycles. The topological polar surface area (TPSA) is 17.8 Å². The Labute approximate surface area is 101 Å². The predicted molar refractivity (Wildman–Crippen MR) is 61.0 cm³/mol. The zero-order chi connectivity index (χ0) is 12.8. The van der Waals surface area contributed by atoms with E-state index in [9.17, 15) is 13.2 Å². The molecule has 17 heavy (non-hydrogen) atoms. The summed E-state index contributed by atoms with van der Waals surface area (Å²) < 4.78 is 38.9. The molecule has 0 atom stereocenters. The second-order valence-corrected chi connectivity index (χ2v) is 5.16. The molecule has 0 saturated carbocycles. The molecule has 2 aromatic heterocycles. The molecule has 0 N–H and O–H groups in total. The van der Waals surface area contributed by atoms with Gasteiger partial charge in [0, 0.05) is 11.9 Å². The van der Waals surface area contributed by atoms with Gasteiger partial charge in [-0.2, -0.15) is 18.3 Å². The molecular weight excluding hydrogens is 249 g/mol. The van der Waals surface area contributed by atoms with Gasteiger partial charge in [0.15, 0.2) is 5.69 Å². The van der Waals surface area contributed by atoms with Crippen LogP contribution in [0.4, 0.5) is 13.2 Å². The van der Waals surface area contributed by atoms with E-state index in [0.717, 1.165) is 21.4 Å². The largest absolute Gasteiger partial charge is 0.435 e. The van der Waals surface area contributed by atoms with Gasteiger partial charge in [0.25, 0.3) is 0 Å². The van der Waals surface area contributed by atoms with Crippen LogP contribution in [0.5, 0.6) is 0 Å². The summed E-state index contributed by atoms with van der Waals surface area (Å²) in [6.45, 7) is 3.82. The summed E-state index contributed by atoms with van der Waals surface area (Å²) in [5.41, 5.74) is 0.637. The van der Waals surface area contributed by atoms with Crippen LogP contribution >= 0.6 is 11.3 Å². The van der Waals surface area contributed by atoms with Crippen LogP contribution < -0.4 is 0 Å². The standard InChI is InChI=1S/C11H11F3N2S/c1-6-4-7(2)17-10(6)8-5-9(11(12,13)14)15-16(8)3/h4-5H,1-3H3. The van der Waals surface area contributed by atoms with E-state index in [1.54, 1.807) is 0 Å². The van der Waals surface area contributed by atoms with Crippen molar-refractivity contribution in [3.63, 3.8) is 0 Å². The molecule has 2 nitrogen and oxygen atoms in total. The van der Waals surface area contributed by atoms with Gasteiger partial charge in [-0.25, -0.2) is 0 Å². The summed E-state index contributed by atoms with van der Waals surface area (Å²) in [7, 11) is 1.53. The van der Waals surface area contributed by atoms with Crippen LogP contribution in [0.25, 0.3) is 10.6 Å². The van der Waals surface area contributed by atoms with Crippen LogP contribution in [0, 0.1) is 13.8 Å². The van der Waals surface area contributed by atoms with Crippen LogP contribution in [0.1, 0.15) is 16.1 Å². The highest BCUT2D eigenvalue weighted by atomic mass is 32.1. The van der Waals surface area contributed by atoms with E-state index in [1.807, 2.05) is 19.9 Å². The van der Waals surface area contributed by atoms with E-state index in [0.29, 0.717) is 5.69 Å². The van der Waals surface area contributed by atoms with Crippen molar-refractivity contribution >= 4 is 11.3 Å². The summed E-state index contributed by atoms with van der Waals surface area (Å²) in [6, 6.07) is 3.05. The first-order valence-corrected chi connectivity index (χ1v) is 5.79. The van der Waals surface area contributed by atoms with Gasteiger partial charge in [0.1, 0.15) is 0 Å². The highest BCUT2D eigenvalue weighted by Crippen LogP contribution is 2.35. The molecular formula is C11H11F3N2S. The van der Waals surface area contributed by atoms with E-state index < -0.39 is 11.9 Å². The monoisotopic (exact) mass is 260 g/mol. The van der Waals surface area contributed by atoms with E-state index in [1.165, 1.54) is 23.1 Å². The first-order chi connectivity index (χ1) is 7.79. The molecule has 2 aromatic rings. The van der Waals surface area contributed by atoms with Gasteiger partial charge in [-0.05, 0) is 31.5 Å². The third-order valence-electron chi connectivity index (χ3n) is 2.44. The Bertz CT molecular complexity index is 552. The maximum absolute atomic E-state index is 12.5. The molecule has 0 spiro atoms. The Morgan fingerprint density at radius 2 is 1.88 bits per heavy atom. The number of aryl methyl sites for hydroxylation is 3. The number of alkyl halides is 3. The van der Waals surface area contributed by atoms with Gasteiger partial charge >= 0.3 is 6.18 Å². The van der Waals surface area contributed by atoms with Crippen molar-refractivity contribution < 1.29 is 13.2 Å². The fraction of sp³-hybridized carbons (Fsp3) is 0.364. The first kappa shape index (κ1) is 12.2.